The van der Waals surface area contributed by atoms with Crippen molar-refractivity contribution in [1.82, 2.24) is 0 Å². The molecule has 0 heterocycles. The predicted molar refractivity (Wildman–Crippen MR) is 73.9 cm³/mol. The van der Waals surface area contributed by atoms with Crippen molar-refractivity contribution in [3.63, 3.8) is 0 Å². The zero-order chi connectivity index (χ0) is 13.0. The first-order valence-electron chi connectivity index (χ1n) is 6.36. The van der Waals surface area contributed by atoms with E-state index in [0.29, 0.717) is 17.7 Å². The molecule has 0 atom stereocenters. The molecule has 1 aromatic rings. The highest BCUT2D eigenvalue weighted by molar-refractivity contribution is 7.80. The Morgan fingerprint density at radius 2 is 2.06 bits per heavy atom. The Balaban J connectivity index is 1.94. The van der Waals surface area contributed by atoms with Crippen molar-refractivity contribution in [3.8, 4) is 0 Å². The largest absolute Gasteiger partial charge is 0.389 e. The van der Waals surface area contributed by atoms with Crippen LogP contribution in [0.4, 0.5) is 4.39 Å². The summed E-state index contributed by atoms with van der Waals surface area (Å²) < 4.78 is 19.5. The van der Waals surface area contributed by atoms with E-state index < -0.39 is 0 Å². The predicted octanol–water partition coefficient (Wildman–Crippen LogP) is 3.31. The summed E-state index contributed by atoms with van der Waals surface area (Å²) in [5.41, 5.74) is 6.59. The van der Waals surface area contributed by atoms with Gasteiger partial charge in [0.05, 0.1) is 12.7 Å². The average molecular weight is 267 g/mol. The third-order valence-corrected chi connectivity index (χ3v) is 3.60. The van der Waals surface area contributed by atoms with Crippen molar-refractivity contribution in [3.05, 3.63) is 35.1 Å². The average Bonchev–Trinajstić information content (AvgIpc) is 2.38. The van der Waals surface area contributed by atoms with Crippen LogP contribution in [0.1, 0.15) is 43.2 Å². The Morgan fingerprint density at radius 1 is 1.33 bits per heavy atom. The molecule has 2 rings (SSSR count). The zero-order valence-corrected chi connectivity index (χ0v) is 11.1. The SMILES string of the molecule is NC(=S)c1ccc(COC2CCCCC2)c(F)c1. The Bertz CT molecular complexity index is 430. The van der Waals surface area contributed by atoms with Gasteiger partial charge in [0.2, 0.25) is 0 Å². The van der Waals surface area contributed by atoms with Crippen LogP contribution in [0.2, 0.25) is 0 Å². The van der Waals surface area contributed by atoms with Crippen LogP contribution in [-0.2, 0) is 11.3 Å². The number of rotatable bonds is 4. The monoisotopic (exact) mass is 267 g/mol. The Morgan fingerprint density at radius 3 is 2.67 bits per heavy atom. The molecule has 2 nitrogen and oxygen atoms in total. The van der Waals surface area contributed by atoms with Crippen LogP contribution in [0.3, 0.4) is 0 Å². The first kappa shape index (κ1) is 13.4. The number of halogens is 1. The number of nitrogens with two attached hydrogens (primary N) is 1. The molecule has 0 radical (unpaired) electrons. The van der Waals surface area contributed by atoms with E-state index in [9.17, 15) is 4.39 Å². The van der Waals surface area contributed by atoms with Crippen molar-refractivity contribution in [1.29, 1.82) is 0 Å². The number of hydrogen-bond acceptors (Lipinski definition) is 2. The Labute approximate surface area is 112 Å². The van der Waals surface area contributed by atoms with Gasteiger partial charge in [-0.05, 0) is 18.9 Å². The summed E-state index contributed by atoms with van der Waals surface area (Å²) in [5.74, 6) is -0.295. The minimum Gasteiger partial charge on any atom is -0.389 e. The van der Waals surface area contributed by atoms with Gasteiger partial charge in [0.1, 0.15) is 10.8 Å². The molecular formula is C14H18FNOS. The van der Waals surface area contributed by atoms with Crippen LogP contribution < -0.4 is 5.73 Å². The zero-order valence-electron chi connectivity index (χ0n) is 10.3. The van der Waals surface area contributed by atoms with Crippen molar-refractivity contribution in [2.75, 3.05) is 0 Å². The van der Waals surface area contributed by atoms with Gasteiger partial charge in [0, 0.05) is 11.1 Å². The summed E-state index contributed by atoms with van der Waals surface area (Å²) in [6.07, 6.45) is 6.19. The lowest BCUT2D eigenvalue weighted by molar-refractivity contribution is 0.0156. The second-order valence-electron chi connectivity index (χ2n) is 4.74. The molecule has 0 aromatic heterocycles. The van der Waals surface area contributed by atoms with E-state index in [2.05, 4.69) is 0 Å². The van der Waals surface area contributed by atoms with Gasteiger partial charge >= 0.3 is 0 Å². The molecule has 0 amide bonds. The minimum atomic E-state index is -0.295. The molecule has 1 aliphatic carbocycles. The van der Waals surface area contributed by atoms with Gasteiger partial charge in [0.15, 0.2) is 0 Å². The molecular weight excluding hydrogens is 249 g/mol. The molecule has 0 spiro atoms. The van der Waals surface area contributed by atoms with E-state index in [1.807, 2.05) is 0 Å². The quantitative estimate of drug-likeness (QED) is 0.850. The summed E-state index contributed by atoms with van der Waals surface area (Å²) in [6, 6.07) is 4.82. The summed E-state index contributed by atoms with van der Waals surface area (Å²) in [7, 11) is 0. The first-order chi connectivity index (χ1) is 8.66. The summed E-state index contributed by atoms with van der Waals surface area (Å²) >= 11 is 4.81. The molecule has 1 saturated carbocycles. The maximum Gasteiger partial charge on any atom is 0.129 e. The maximum absolute atomic E-state index is 13.8. The highest BCUT2D eigenvalue weighted by Gasteiger charge is 2.14. The Hall–Kier alpha value is -1.00. The normalized spacial score (nSPS) is 16.7. The third-order valence-electron chi connectivity index (χ3n) is 3.36. The van der Waals surface area contributed by atoms with Crippen LogP contribution in [-0.4, -0.2) is 11.1 Å². The standard InChI is InChI=1S/C14H18FNOS/c15-13-8-10(14(16)18)6-7-11(13)9-17-12-4-2-1-3-5-12/h6-8,12H,1-5,9H2,(H2,16,18). The lowest BCUT2D eigenvalue weighted by Crippen LogP contribution is -2.17. The highest BCUT2D eigenvalue weighted by Crippen LogP contribution is 2.22. The number of hydrogen-bond donors (Lipinski definition) is 1. The first-order valence-corrected chi connectivity index (χ1v) is 6.77. The van der Waals surface area contributed by atoms with E-state index in [0.717, 1.165) is 12.8 Å². The lowest BCUT2D eigenvalue weighted by Gasteiger charge is -2.22. The fourth-order valence-electron chi connectivity index (χ4n) is 2.26. The van der Waals surface area contributed by atoms with Crippen molar-refractivity contribution in [2.24, 2.45) is 5.73 Å². The Kier molecular flexibility index (Phi) is 4.66. The highest BCUT2D eigenvalue weighted by atomic mass is 32.1. The van der Waals surface area contributed by atoms with Crippen LogP contribution in [0.15, 0.2) is 18.2 Å². The molecule has 2 N–H and O–H groups in total. The van der Waals surface area contributed by atoms with Gasteiger partial charge in [-0.3, -0.25) is 0 Å². The van der Waals surface area contributed by atoms with Gasteiger partial charge in [-0.15, -0.1) is 0 Å². The molecule has 4 heteroatoms. The molecule has 0 aliphatic heterocycles. The van der Waals surface area contributed by atoms with E-state index in [1.165, 1.54) is 25.3 Å². The van der Waals surface area contributed by atoms with Crippen molar-refractivity contribution < 1.29 is 9.13 Å². The van der Waals surface area contributed by atoms with Crippen molar-refractivity contribution >= 4 is 17.2 Å². The van der Waals surface area contributed by atoms with E-state index >= 15 is 0 Å². The summed E-state index contributed by atoms with van der Waals surface area (Å²) in [5, 5.41) is 0. The minimum absolute atomic E-state index is 0.216. The molecule has 98 valence electrons. The van der Waals surface area contributed by atoms with E-state index in [1.54, 1.807) is 12.1 Å². The molecule has 1 aliphatic rings. The second-order valence-corrected chi connectivity index (χ2v) is 5.18. The molecule has 1 fully saturated rings. The molecule has 18 heavy (non-hydrogen) atoms. The fourth-order valence-corrected chi connectivity index (χ4v) is 2.38. The van der Waals surface area contributed by atoms with Crippen molar-refractivity contribution in [2.45, 2.75) is 44.8 Å². The maximum atomic E-state index is 13.8. The third kappa shape index (κ3) is 3.50. The van der Waals surface area contributed by atoms with E-state index in [-0.39, 0.29) is 16.9 Å². The molecule has 0 bridgehead atoms. The van der Waals surface area contributed by atoms with Crippen LogP contribution >= 0.6 is 12.2 Å². The second kappa shape index (κ2) is 6.25. The molecule has 0 unspecified atom stereocenters. The topological polar surface area (TPSA) is 35.2 Å². The van der Waals surface area contributed by atoms with Gasteiger partial charge in [-0.25, -0.2) is 4.39 Å². The van der Waals surface area contributed by atoms with Crippen LogP contribution in [0.25, 0.3) is 0 Å². The molecule has 0 saturated heterocycles. The van der Waals surface area contributed by atoms with Gasteiger partial charge in [0.25, 0.3) is 0 Å². The summed E-state index contributed by atoms with van der Waals surface area (Å²) in [6.45, 7) is 0.327. The number of thiocarbonyl (C=S) groups is 1. The summed E-state index contributed by atoms with van der Waals surface area (Å²) in [4.78, 5) is 0.216. The van der Waals surface area contributed by atoms with Gasteiger partial charge < -0.3 is 10.5 Å². The molecule has 1 aromatic carbocycles. The number of benzene rings is 1. The lowest BCUT2D eigenvalue weighted by atomic mass is 9.98. The van der Waals surface area contributed by atoms with Gasteiger partial charge in [-0.2, -0.15) is 0 Å². The number of ether oxygens (including phenoxy) is 1. The smallest absolute Gasteiger partial charge is 0.129 e. The van der Waals surface area contributed by atoms with Crippen LogP contribution in [0, 0.1) is 5.82 Å². The fraction of sp³-hybridized carbons (Fsp3) is 0.500. The van der Waals surface area contributed by atoms with E-state index in [4.69, 9.17) is 22.7 Å². The van der Waals surface area contributed by atoms with Crippen LogP contribution in [0.5, 0.6) is 0 Å². The van der Waals surface area contributed by atoms with Gasteiger partial charge in [-0.1, -0.05) is 43.6 Å².